The van der Waals surface area contributed by atoms with Crippen LogP contribution < -0.4 is 4.90 Å². The van der Waals surface area contributed by atoms with E-state index in [9.17, 15) is 0 Å². The van der Waals surface area contributed by atoms with Crippen molar-refractivity contribution in [1.82, 2.24) is 0 Å². The molecule has 262 valence electrons. The third kappa shape index (κ3) is 5.26. The van der Waals surface area contributed by atoms with E-state index in [-0.39, 0.29) is 0 Å². The highest BCUT2D eigenvalue weighted by Gasteiger charge is 2.20. The van der Waals surface area contributed by atoms with Crippen molar-refractivity contribution in [3.05, 3.63) is 212 Å². The highest BCUT2D eigenvalue weighted by atomic mass is 16.3. The van der Waals surface area contributed by atoms with Crippen molar-refractivity contribution >= 4 is 71.3 Å². The summed E-state index contributed by atoms with van der Waals surface area (Å²) >= 11 is 0. The molecule has 1 aromatic heterocycles. The van der Waals surface area contributed by atoms with Crippen LogP contribution in [-0.4, -0.2) is 0 Å². The van der Waals surface area contributed by atoms with Crippen molar-refractivity contribution in [2.45, 2.75) is 0 Å². The van der Waals surface area contributed by atoms with Crippen molar-refractivity contribution in [2.24, 2.45) is 0 Å². The Hall–Kier alpha value is -7.42. The average Bonchev–Trinajstić information content (AvgIpc) is 3.67. The van der Waals surface area contributed by atoms with Crippen LogP contribution in [-0.2, 0) is 0 Å². The van der Waals surface area contributed by atoms with Gasteiger partial charge in [-0.15, -0.1) is 0 Å². The standard InChI is InChI=1S/C54H35NO/c1-3-13-36(14-4-1)44-33-34-51(49-20-10-9-19-48(44)49)55(42-29-30-45-40(35-42)24-23-38-17-7-8-18-43(38)45)41-27-25-39(26-28-41)46-31-32-47(37-15-5-2-6-16-37)54-53(46)50-21-11-12-22-52(50)56-54/h1-35H. The lowest BCUT2D eigenvalue weighted by Gasteiger charge is -2.28. The number of anilines is 3. The Morgan fingerprint density at radius 2 is 0.875 bits per heavy atom. The minimum absolute atomic E-state index is 0.893. The van der Waals surface area contributed by atoms with Crippen LogP contribution in [0.4, 0.5) is 17.1 Å². The summed E-state index contributed by atoms with van der Waals surface area (Å²) in [5.41, 5.74) is 12.1. The quantitative estimate of drug-likeness (QED) is 0.160. The van der Waals surface area contributed by atoms with Gasteiger partial charge in [-0.05, 0) is 97.2 Å². The summed E-state index contributed by atoms with van der Waals surface area (Å²) in [6.45, 7) is 0. The highest BCUT2D eigenvalue weighted by Crippen LogP contribution is 2.45. The molecule has 0 atom stereocenters. The molecular formula is C54H35NO. The highest BCUT2D eigenvalue weighted by molar-refractivity contribution is 6.16. The van der Waals surface area contributed by atoms with Gasteiger partial charge in [-0.1, -0.05) is 170 Å². The Kier molecular flexibility index (Phi) is 7.53. The first kappa shape index (κ1) is 32.0. The predicted molar refractivity (Wildman–Crippen MR) is 237 cm³/mol. The van der Waals surface area contributed by atoms with Crippen LogP contribution >= 0.6 is 0 Å². The van der Waals surface area contributed by atoms with Gasteiger partial charge in [0.05, 0.1) is 5.69 Å². The van der Waals surface area contributed by atoms with Gasteiger partial charge in [0.2, 0.25) is 0 Å². The molecule has 0 spiro atoms. The first-order valence-corrected chi connectivity index (χ1v) is 19.2. The second-order valence-corrected chi connectivity index (χ2v) is 14.4. The molecule has 11 rings (SSSR count). The van der Waals surface area contributed by atoms with E-state index in [1.807, 2.05) is 6.07 Å². The first-order valence-electron chi connectivity index (χ1n) is 19.2. The molecular weight excluding hydrogens is 679 g/mol. The lowest BCUT2D eigenvalue weighted by Crippen LogP contribution is -2.10. The third-order valence-electron chi connectivity index (χ3n) is 11.3. The number of fused-ring (bicyclic) bond motifs is 7. The van der Waals surface area contributed by atoms with E-state index in [2.05, 4.69) is 211 Å². The summed E-state index contributed by atoms with van der Waals surface area (Å²) < 4.78 is 6.61. The molecule has 1 heterocycles. The average molecular weight is 714 g/mol. The summed E-state index contributed by atoms with van der Waals surface area (Å²) in [6, 6.07) is 76.4. The molecule has 0 radical (unpaired) electrons. The molecule has 0 unspecified atom stereocenters. The van der Waals surface area contributed by atoms with Crippen molar-refractivity contribution < 1.29 is 4.42 Å². The predicted octanol–water partition coefficient (Wildman–Crippen LogP) is 15.5. The summed E-state index contributed by atoms with van der Waals surface area (Å²) in [5.74, 6) is 0. The van der Waals surface area contributed by atoms with Gasteiger partial charge in [-0.25, -0.2) is 0 Å². The van der Waals surface area contributed by atoms with Crippen LogP contribution in [0.5, 0.6) is 0 Å². The maximum Gasteiger partial charge on any atom is 0.143 e. The van der Waals surface area contributed by atoms with Gasteiger partial charge >= 0.3 is 0 Å². The number of benzene rings is 10. The smallest absolute Gasteiger partial charge is 0.143 e. The van der Waals surface area contributed by atoms with Gasteiger partial charge in [0, 0.05) is 33.1 Å². The number of hydrogen-bond donors (Lipinski definition) is 0. The monoisotopic (exact) mass is 713 g/mol. The summed E-state index contributed by atoms with van der Waals surface area (Å²) in [6.07, 6.45) is 0. The maximum absolute atomic E-state index is 6.61. The number of rotatable bonds is 6. The molecule has 0 aliphatic rings. The van der Waals surface area contributed by atoms with Gasteiger partial charge in [0.1, 0.15) is 11.2 Å². The molecule has 0 bridgehead atoms. The van der Waals surface area contributed by atoms with Crippen molar-refractivity contribution in [2.75, 3.05) is 4.90 Å². The Morgan fingerprint density at radius 1 is 0.321 bits per heavy atom. The second-order valence-electron chi connectivity index (χ2n) is 14.4. The van der Waals surface area contributed by atoms with Gasteiger partial charge < -0.3 is 9.32 Å². The van der Waals surface area contributed by atoms with E-state index < -0.39 is 0 Å². The van der Waals surface area contributed by atoms with Crippen LogP contribution in [0.15, 0.2) is 217 Å². The first-order chi connectivity index (χ1) is 27.8. The largest absolute Gasteiger partial charge is 0.455 e. The second kappa shape index (κ2) is 13.2. The number of furan rings is 1. The Labute approximate surface area is 325 Å². The molecule has 0 aliphatic heterocycles. The fourth-order valence-electron chi connectivity index (χ4n) is 8.62. The molecule has 0 aliphatic carbocycles. The zero-order valence-corrected chi connectivity index (χ0v) is 30.6. The topological polar surface area (TPSA) is 16.4 Å². The molecule has 11 aromatic rings. The third-order valence-corrected chi connectivity index (χ3v) is 11.3. The Morgan fingerprint density at radius 3 is 1.66 bits per heavy atom. The van der Waals surface area contributed by atoms with Crippen molar-refractivity contribution in [3.8, 4) is 33.4 Å². The van der Waals surface area contributed by atoms with Crippen LogP contribution in [0, 0.1) is 0 Å². The van der Waals surface area contributed by atoms with E-state index in [0.717, 1.165) is 61.3 Å². The van der Waals surface area contributed by atoms with E-state index in [0.29, 0.717) is 0 Å². The molecule has 0 N–H and O–H groups in total. The van der Waals surface area contributed by atoms with Crippen LogP contribution in [0.1, 0.15) is 0 Å². The maximum atomic E-state index is 6.61. The lowest BCUT2D eigenvalue weighted by atomic mass is 9.94. The fourth-order valence-corrected chi connectivity index (χ4v) is 8.62. The molecule has 56 heavy (non-hydrogen) atoms. The zero-order chi connectivity index (χ0) is 37.0. The molecule has 2 nitrogen and oxygen atoms in total. The molecule has 0 saturated carbocycles. The fraction of sp³-hybridized carbons (Fsp3) is 0. The van der Waals surface area contributed by atoms with Crippen molar-refractivity contribution in [1.29, 1.82) is 0 Å². The molecule has 10 aromatic carbocycles. The van der Waals surface area contributed by atoms with E-state index >= 15 is 0 Å². The zero-order valence-electron chi connectivity index (χ0n) is 30.6. The summed E-state index contributed by atoms with van der Waals surface area (Å²) in [5, 5.41) is 9.64. The number of nitrogens with zero attached hydrogens (tertiary/aromatic N) is 1. The normalized spacial score (nSPS) is 11.6. The summed E-state index contributed by atoms with van der Waals surface area (Å²) in [7, 11) is 0. The van der Waals surface area contributed by atoms with E-state index in [4.69, 9.17) is 4.42 Å². The molecule has 0 fully saturated rings. The van der Waals surface area contributed by atoms with Gasteiger partial charge in [-0.2, -0.15) is 0 Å². The van der Waals surface area contributed by atoms with E-state index in [1.165, 1.54) is 43.4 Å². The molecule has 0 amide bonds. The molecule has 0 saturated heterocycles. The van der Waals surface area contributed by atoms with Gasteiger partial charge in [0.15, 0.2) is 0 Å². The lowest BCUT2D eigenvalue weighted by molar-refractivity contribution is 0.670. The van der Waals surface area contributed by atoms with Crippen LogP contribution in [0.2, 0.25) is 0 Å². The Bertz CT molecular complexity index is 3230. The molecule has 2 heteroatoms. The number of para-hydroxylation sites is 1. The minimum atomic E-state index is 0.893. The SMILES string of the molecule is c1ccc(-c2ccc(N(c3ccc(-c4ccc(-c5ccccc5)c5oc6ccccc6c45)cc3)c3ccc4c(ccc5ccccc54)c3)c3ccccc23)cc1. The minimum Gasteiger partial charge on any atom is -0.455 e. The van der Waals surface area contributed by atoms with Gasteiger partial charge in [-0.3, -0.25) is 0 Å². The van der Waals surface area contributed by atoms with Crippen LogP contribution in [0.25, 0.3) is 87.6 Å². The van der Waals surface area contributed by atoms with Gasteiger partial charge in [0.25, 0.3) is 0 Å². The van der Waals surface area contributed by atoms with E-state index in [1.54, 1.807) is 0 Å². The summed E-state index contributed by atoms with van der Waals surface area (Å²) in [4.78, 5) is 2.41. The van der Waals surface area contributed by atoms with Crippen LogP contribution in [0.3, 0.4) is 0 Å². The Balaban J connectivity index is 1.10. The van der Waals surface area contributed by atoms with Crippen molar-refractivity contribution in [3.63, 3.8) is 0 Å². The number of hydrogen-bond acceptors (Lipinski definition) is 2.